The molecule has 1 heteroatoms. The van der Waals surface area contributed by atoms with E-state index in [1.54, 1.807) is 0 Å². The zero-order valence-electron chi connectivity index (χ0n) is 6.89. The van der Waals surface area contributed by atoms with Crippen molar-refractivity contribution in [2.45, 2.75) is 18.2 Å². The predicted molar refractivity (Wildman–Crippen MR) is 56.5 cm³/mol. The third-order valence-electron chi connectivity index (χ3n) is 2.25. The second-order valence-electron chi connectivity index (χ2n) is 3.04. The van der Waals surface area contributed by atoms with Gasteiger partial charge in [0.1, 0.15) is 0 Å². The number of halogens is 1. The summed E-state index contributed by atoms with van der Waals surface area (Å²) in [6, 6.07) is 6.51. The summed E-state index contributed by atoms with van der Waals surface area (Å²) in [5, 5.41) is 3.79. The third kappa shape index (κ3) is 1.34. The molecular formula is C11H11Br. The Morgan fingerprint density at radius 2 is 2.00 bits per heavy atom. The minimum absolute atomic E-state index is 0.959. The predicted octanol–water partition coefficient (Wildman–Crippen LogP) is 1.94. The first kappa shape index (κ1) is 8.06. The van der Waals surface area contributed by atoms with Crippen LogP contribution < -0.4 is 10.4 Å². The summed E-state index contributed by atoms with van der Waals surface area (Å²) < 4.78 is 0. The molecule has 0 amide bonds. The number of rotatable bonds is 1. The van der Waals surface area contributed by atoms with Crippen LogP contribution in [0, 0.1) is 0 Å². The van der Waals surface area contributed by atoms with Crippen molar-refractivity contribution in [2.75, 3.05) is 0 Å². The monoisotopic (exact) mass is 222 g/mol. The summed E-state index contributed by atoms with van der Waals surface area (Å²) in [5.74, 6) is 0. The third-order valence-corrected chi connectivity index (χ3v) is 2.86. The van der Waals surface area contributed by atoms with E-state index >= 15 is 0 Å². The lowest BCUT2D eigenvalue weighted by Crippen LogP contribution is -2.29. The fraction of sp³-hybridized carbons (Fsp3) is 0.273. The maximum atomic E-state index is 3.50. The smallest absolute Gasteiger partial charge is 0.0289 e. The van der Waals surface area contributed by atoms with Crippen molar-refractivity contribution in [1.82, 2.24) is 0 Å². The van der Waals surface area contributed by atoms with E-state index < -0.39 is 0 Å². The summed E-state index contributed by atoms with van der Waals surface area (Å²) in [4.78, 5) is 0. The fourth-order valence-electron chi connectivity index (χ4n) is 1.64. The van der Waals surface area contributed by atoms with Gasteiger partial charge in [-0.25, -0.2) is 0 Å². The van der Waals surface area contributed by atoms with E-state index in [9.17, 15) is 0 Å². The summed E-state index contributed by atoms with van der Waals surface area (Å²) in [7, 11) is 0. The van der Waals surface area contributed by atoms with Gasteiger partial charge in [-0.15, -0.1) is 0 Å². The lowest BCUT2D eigenvalue weighted by molar-refractivity contribution is 1.11. The molecule has 0 aliphatic heterocycles. The molecule has 0 spiro atoms. The van der Waals surface area contributed by atoms with Crippen LogP contribution in [0.4, 0.5) is 0 Å². The summed E-state index contributed by atoms with van der Waals surface area (Å²) in [6.07, 6.45) is 7.04. The van der Waals surface area contributed by atoms with Gasteiger partial charge in [0.15, 0.2) is 0 Å². The average Bonchev–Trinajstić information content (AvgIpc) is 2.17. The molecule has 12 heavy (non-hydrogen) atoms. The lowest BCUT2D eigenvalue weighted by atomic mass is 10.0. The first-order chi connectivity index (χ1) is 5.92. The van der Waals surface area contributed by atoms with Crippen LogP contribution in [-0.4, -0.2) is 0 Å². The molecule has 1 aliphatic rings. The highest BCUT2D eigenvalue weighted by Gasteiger charge is 1.97. The van der Waals surface area contributed by atoms with E-state index in [4.69, 9.17) is 0 Å². The minimum atomic E-state index is 0.959. The van der Waals surface area contributed by atoms with Crippen molar-refractivity contribution in [1.29, 1.82) is 0 Å². The molecule has 0 nitrogen and oxygen atoms in total. The molecule has 1 aromatic carbocycles. The van der Waals surface area contributed by atoms with Crippen LogP contribution in [0.3, 0.4) is 0 Å². The van der Waals surface area contributed by atoms with Crippen LogP contribution in [0.15, 0.2) is 18.2 Å². The zero-order chi connectivity index (χ0) is 8.39. The first-order valence-electron chi connectivity index (χ1n) is 4.26. The van der Waals surface area contributed by atoms with Crippen LogP contribution >= 0.6 is 15.9 Å². The van der Waals surface area contributed by atoms with Gasteiger partial charge in [0.25, 0.3) is 0 Å². The molecule has 1 aromatic rings. The van der Waals surface area contributed by atoms with Gasteiger partial charge in [0.2, 0.25) is 0 Å². The van der Waals surface area contributed by atoms with Crippen molar-refractivity contribution in [3.05, 3.63) is 34.2 Å². The van der Waals surface area contributed by atoms with Crippen LogP contribution in [0.2, 0.25) is 0 Å². The standard InChI is InChI=1S/C11H11Br/c12-8-10-6-3-5-9-4-1-2-7-11(9)10/h3-7H,1-2,8H2. The second kappa shape index (κ2) is 3.44. The number of alkyl halides is 1. The first-order valence-corrected chi connectivity index (χ1v) is 5.38. The number of hydrogen-bond acceptors (Lipinski definition) is 0. The quantitative estimate of drug-likeness (QED) is 0.638. The van der Waals surface area contributed by atoms with Crippen LogP contribution in [0.1, 0.15) is 18.4 Å². The molecule has 0 aromatic heterocycles. The molecule has 0 unspecified atom stereocenters. The van der Waals surface area contributed by atoms with Gasteiger partial charge in [0.05, 0.1) is 0 Å². The molecule has 0 N–H and O–H groups in total. The number of benzene rings is 1. The van der Waals surface area contributed by atoms with E-state index in [0.29, 0.717) is 0 Å². The van der Waals surface area contributed by atoms with E-state index in [1.165, 1.54) is 28.8 Å². The number of hydrogen-bond donors (Lipinski definition) is 0. The maximum Gasteiger partial charge on any atom is 0.0289 e. The molecule has 1 aliphatic carbocycles. The summed E-state index contributed by atoms with van der Waals surface area (Å²) >= 11 is 3.50. The van der Waals surface area contributed by atoms with Crippen LogP contribution in [0.5, 0.6) is 0 Å². The van der Waals surface area contributed by atoms with Crippen molar-refractivity contribution < 1.29 is 0 Å². The van der Waals surface area contributed by atoms with Gasteiger partial charge in [-0.2, -0.15) is 0 Å². The highest BCUT2D eigenvalue weighted by molar-refractivity contribution is 9.08. The SMILES string of the molecule is BrCc1cccc2c1=CCCC=2. The van der Waals surface area contributed by atoms with Crippen molar-refractivity contribution in [3.8, 4) is 0 Å². The van der Waals surface area contributed by atoms with Crippen molar-refractivity contribution >= 4 is 28.1 Å². The Hall–Kier alpha value is -0.560. The van der Waals surface area contributed by atoms with Crippen LogP contribution in [0.25, 0.3) is 12.2 Å². The van der Waals surface area contributed by atoms with Gasteiger partial charge in [-0.1, -0.05) is 46.3 Å². The zero-order valence-corrected chi connectivity index (χ0v) is 8.47. The van der Waals surface area contributed by atoms with Gasteiger partial charge < -0.3 is 0 Å². The second-order valence-corrected chi connectivity index (χ2v) is 3.60. The molecule has 0 radical (unpaired) electrons. The lowest BCUT2D eigenvalue weighted by Gasteiger charge is -2.03. The Morgan fingerprint density at radius 3 is 2.83 bits per heavy atom. The van der Waals surface area contributed by atoms with E-state index in [0.717, 1.165) is 5.33 Å². The molecule has 0 atom stereocenters. The molecule has 0 fully saturated rings. The average molecular weight is 223 g/mol. The molecule has 0 saturated heterocycles. The highest BCUT2D eigenvalue weighted by Crippen LogP contribution is 2.01. The topological polar surface area (TPSA) is 0 Å². The van der Waals surface area contributed by atoms with Gasteiger partial charge >= 0.3 is 0 Å². The van der Waals surface area contributed by atoms with E-state index in [2.05, 4.69) is 46.3 Å². The largest absolute Gasteiger partial charge is 0.0876 e. The molecule has 0 heterocycles. The number of fused-ring (bicyclic) bond motifs is 1. The van der Waals surface area contributed by atoms with Crippen molar-refractivity contribution in [2.24, 2.45) is 0 Å². The maximum absolute atomic E-state index is 3.50. The van der Waals surface area contributed by atoms with E-state index in [-0.39, 0.29) is 0 Å². The fourth-order valence-corrected chi connectivity index (χ4v) is 2.13. The Morgan fingerprint density at radius 1 is 1.17 bits per heavy atom. The Labute approximate surface area is 80.7 Å². The molecule has 62 valence electrons. The van der Waals surface area contributed by atoms with Gasteiger partial charge in [0, 0.05) is 5.33 Å². The van der Waals surface area contributed by atoms with Crippen molar-refractivity contribution in [3.63, 3.8) is 0 Å². The Balaban J connectivity index is 2.77. The normalized spacial score (nSPS) is 14.4. The minimum Gasteiger partial charge on any atom is -0.0876 e. The molecular weight excluding hydrogens is 212 g/mol. The summed E-state index contributed by atoms with van der Waals surface area (Å²) in [5.41, 5.74) is 1.41. The Bertz CT molecular complexity index is 390. The van der Waals surface area contributed by atoms with Gasteiger partial charge in [-0.3, -0.25) is 0 Å². The highest BCUT2D eigenvalue weighted by atomic mass is 79.9. The molecule has 0 bridgehead atoms. The Kier molecular flexibility index (Phi) is 2.31. The van der Waals surface area contributed by atoms with Crippen LogP contribution in [-0.2, 0) is 5.33 Å². The van der Waals surface area contributed by atoms with E-state index in [1.807, 2.05) is 0 Å². The summed E-state index contributed by atoms with van der Waals surface area (Å²) in [6.45, 7) is 0. The molecule has 0 saturated carbocycles. The molecule has 2 rings (SSSR count). The van der Waals surface area contributed by atoms with Gasteiger partial charge in [-0.05, 0) is 28.8 Å².